The Morgan fingerprint density at radius 2 is 1.91 bits per heavy atom. The van der Waals surface area contributed by atoms with Crippen LogP contribution in [0.4, 0.5) is 0 Å². The number of aromatic nitrogens is 1. The normalized spacial score (nSPS) is 11.0. The zero-order valence-electron chi connectivity index (χ0n) is 12.2. The quantitative estimate of drug-likeness (QED) is 0.594. The first-order valence-electron chi connectivity index (χ1n) is 6.98. The molecule has 0 atom stereocenters. The van der Waals surface area contributed by atoms with E-state index < -0.39 is 0 Å². The van der Waals surface area contributed by atoms with Crippen molar-refractivity contribution in [1.29, 1.82) is 0 Å². The summed E-state index contributed by atoms with van der Waals surface area (Å²) < 4.78 is 0. The Bertz CT molecular complexity index is 841. The zero-order valence-corrected chi connectivity index (χ0v) is 12.2. The number of hydrazone groups is 1. The number of hydrogen-bond acceptors (Lipinski definition) is 3. The topological polar surface area (TPSA) is 54.4 Å². The lowest BCUT2D eigenvalue weighted by molar-refractivity contribution is 0.0955. The molecule has 0 spiro atoms. The summed E-state index contributed by atoms with van der Waals surface area (Å²) in [6.45, 7) is 2.02. The second-order valence-corrected chi connectivity index (χ2v) is 4.94. The zero-order chi connectivity index (χ0) is 15.4. The molecule has 0 radical (unpaired) electrons. The molecule has 108 valence electrons. The van der Waals surface area contributed by atoms with E-state index >= 15 is 0 Å². The first kappa shape index (κ1) is 13.9. The van der Waals surface area contributed by atoms with Crippen LogP contribution in [-0.4, -0.2) is 17.1 Å². The van der Waals surface area contributed by atoms with Crippen LogP contribution in [-0.2, 0) is 0 Å². The summed E-state index contributed by atoms with van der Waals surface area (Å²) in [7, 11) is 0. The number of rotatable bonds is 3. The van der Waals surface area contributed by atoms with Crippen LogP contribution >= 0.6 is 0 Å². The van der Waals surface area contributed by atoms with Crippen LogP contribution in [0.2, 0.25) is 0 Å². The molecule has 0 aliphatic heterocycles. The summed E-state index contributed by atoms with van der Waals surface area (Å²) in [5, 5.41) is 5.06. The van der Waals surface area contributed by atoms with Crippen molar-refractivity contribution in [3.05, 3.63) is 77.5 Å². The predicted molar refractivity (Wildman–Crippen MR) is 88.0 cm³/mol. The molecule has 0 aliphatic rings. The minimum absolute atomic E-state index is 0.230. The minimum Gasteiger partial charge on any atom is -0.267 e. The van der Waals surface area contributed by atoms with Gasteiger partial charge in [-0.05, 0) is 30.7 Å². The molecule has 2 aromatic carbocycles. The van der Waals surface area contributed by atoms with Crippen molar-refractivity contribution < 1.29 is 4.79 Å². The maximum atomic E-state index is 11.9. The Hall–Kier alpha value is -3.01. The third-order valence-corrected chi connectivity index (χ3v) is 3.41. The summed E-state index contributed by atoms with van der Waals surface area (Å²) in [5.74, 6) is -0.230. The molecule has 0 unspecified atom stereocenters. The average Bonchev–Trinajstić information content (AvgIpc) is 2.58. The van der Waals surface area contributed by atoms with Gasteiger partial charge in [-0.15, -0.1) is 0 Å². The van der Waals surface area contributed by atoms with E-state index in [4.69, 9.17) is 0 Å². The van der Waals surface area contributed by atoms with Gasteiger partial charge in [0.05, 0.1) is 11.7 Å². The standard InChI is InChI=1S/C18H15N3O/c1-13-9-10-15(16-8-5-11-19-17(13)16)12-20-21-18(22)14-6-3-2-4-7-14/h2-12H,1H3,(H,21,22)/b20-12+. The Morgan fingerprint density at radius 3 is 2.73 bits per heavy atom. The van der Waals surface area contributed by atoms with E-state index in [1.807, 2.05) is 49.4 Å². The molecule has 1 aromatic heterocycles. The molecule has 0 aliphatic carbocycles. The molecule has 0 saturated carbocycles. The van der Waals surface area contributed by atoms with E-state index in [1.165, 1.54) is 0 Å². The van der Waals surface area contributed by atoms with Crippen LogP contribution in [0.25, 0.3) is 10.9 Å². The van der Waals surface area contributed by atoms with Gasteiger partial charge in [0, 0.05) is 22.7 Å². The molecule has 3 rings (SSSR count). The lowest BCUT2D eigenvalue weighted by Crippen LogP contribution is -2.17. The highest BCUT2D eigenvalue weighted by atomic mass is 16.2. The average molecular weight is 289 g/mol. The molecule has 1 heterocycles. The van der Waals surface area contributed by atoms with Crippen molar-refractivity contribution in [2.45, 2.75) is 6.92 Å². The third kappa shape index (κ3) is 2.86. The first-order valence-corrected chi connectivity index (χ1v) is 6.98. The molecule has 1 N–H and O–H groups in total. The van der Waals surface area contributed by atoms with Gasteiger partial charge in [-0.2, -0.15) is 5.10 Å². The van der Waals surface area contributed by atoms with Gasteiger partial charge in [0.15, 0.2) is 0 Å². The summed E-state index contributed by atoms with van der Waals surface area (Å²) in [4.78, 5) is 16.3. The minimum atomic E-state index is -0.230. The number of hydrogen-bond donors (Lipinski definition) is 1. The fraction of sp³-hybridized carbons (Fsp3) is 0.0556. The highest BCUT2D eigenvalue weighted by Crippen LogP contribution is 2.18. The van der Waals surface area contributed by atoms with E-state index in [9.17, 15) is 4.79 Å². The van der Waals surface area contributed by atoms with Crippen LogP contribution in [0.3, 0.4) is 0 Å². The van der Waals surface area contributed by atoms with E-state index in [2.05, 4.69) is 15.5 Å². The second-order valence-electron chi connectivity index (χ2n) is 4.94. The van der Waals surface area contributed by atoms with Crippen molar-refractivity contribution in [2.75, 3.05) is 0 Å². The number of benzene rings is 2. The van der Waals surface area contributed by atoms with Crippen molar-refractivity contribution in [3.8, 4) is 0 Å². The Morgan fingerprint density at radius 1 is 1.09 bits per heavy atom. The number of amides is 1. The van der Waals surface area contributed by atoms with Gasteiger partial charge in [-0.3, -0.25) is 9.78 Å². The number of pyridine rings is 1. The molecule has 0 fully saturated rings. The molecule has 3 aromatic rings. The van der Waals surface area contributed by atoms with E-state index in [-0.39, 0.29) is 5.91 Å². The summed E-state index contributed by atoms with van der Waals surface area (Å²) in [6, 6.07) is 16.8. The van der Waals surface area contributed by atoms with Crippen LogP contribution < -0.4 is 5.43 Å². The highest BCUT2D eigenvalue weighted by molar-refractivity contribution is 6.00. The number of nitrogens with one attached hydrogen (secondary N) is 1. The van der Waals surface area contributed by atoms with Crippen LogP contribution in [0, 0.1) is 6.92 Å². The van der Waals surface area contributed by atoms with Gasteiger partial charge in [-0.25, -0.2) is 5.43 Å². The Balaban J connectivity index is 1.82. The van der Waals surface area contributed by atoms with Gasteiger partial charge in [-0.1, -0.05) is 36.4 Å². The van der Waals surface area contributed by atoms with Crippen molar-refractivity contribution in [2.24, 2.45) is 5.10 Å². The van der Waals surface area contributed by atoms with Crippen LogP contribution in [0.5, 0.6) is 0 Å². The van der Waals surface area contributed by atoms with Gasteiger partial charge < -0.3 is 0 Å². The van der Waals surface area contributed by atoms with E-state index in [0.717, 1.165) is 22.0 Å². The Kier molecular flexibility index (Phi) is 3.92. The van der Waals surface area contributed by atoms with Gasteiger partial charge >= 0.3 is 0 Å². The van der Waals surface area contributed by atoms with E-state index in [1.54, 1.807) is 24.5 Å². The van der Waals surface area contributed by atoms with Crippen molar-refractivity contribution >= 4 is 23.0 Å². The first-order chi connectivity index (χ1) is 10.8. The molecule has 22 heavy (non-hydrogen) atoms. The number of carbonyl (C=O) groups excluding carboxylic acids is 1. The second kappa shape index (κ2) is 6.18. The number of carbonyl (C=O) groups is 1. The third-order valence-electron chi connectivity index (χ3n) is 3.41. The molecular formula is C18H15N3O. The summed E-state index contributed by atoms with van der Waals surface area (Å²) in [5.41, 5.74) is 6.09. The maximum absolute atomic E-state index is 11.9. The highest BCUT2D eigenvalue weighted by Gasteiger charge is 2.04. The smallest absolute Gasteiger partial charge is 0.267 e. The van der Waals surface area contributed by atoms with Crippen LogP contribution in [0.1, 0.15) is 21.5 Å². The molecule has 0 bridgehead atoms. The number of aryl methyl sites for hydroxylation is 1. The van der Waals surface area contributed by atoms with E-state index in [0.29, 0.717) is 5.56 Å². The summed E-state index contributed by atoms with van der Waals surface area (Å²) in [6.07, 6.45) is 3.41. The maximum Gasteiger partial charge on any atom is 0.271 e. The summed E-state index contributed by atoms with van der Waals surface area (Å²) >= 11 is 0. The van der Waals surface area contributed by atoms with Gasteiger partial charge in [0.1, 0.15) is 0 Å². The molecule has 1 amide bonds. The Labute approximate surface area is 128 Å². The fourth-order valence-electron chi connectivity index (χ4n) is 2.26. The molecule has 4 nitrogen and oxygen atoms in total. The van der Waals surface area contributed by atoms with Crippen LogP contribution in [0.15, 0.2) is 65.9 Å². The lowest BCUT2D eigenvalue weighted by atomic mass is 10.1. The fourth-order valence-corrected chi connectivity index (χ4v) is 2.26. The molecule has 4 heteroatoms. The van der Waals surface area contributed by atoms with Crippen molar-refractivity contribution in [3.63, 3.8) is 0 Å². The van der Waals surface area contributed by atoms with Gasteiger partial charge in [0.25, 0.3) is 5.91 Å². The monoisotopic (exact) mass is 289 g/mol. The predicted octanol–water partition coefficient (Wildman–Crippen LogP) is 3.31. The van der Waals surface area contributed by atoms with Gasteiger partial charge in [0.2, 0.25) is 0 Å². The van der Waals surface area contributed by atoms with Crippen molar-refractivity contribution in [1.82, 2.24) is 10.4 Å². The SMILES string of the molecule is Cc1ccc(/C=N/NC(=O)c2ccccc2)c2cccnc12. The molecular weight excluding hydrogens is 274 g/mol. The lowest BCUT2D eigenvalue weighted by Gasteiger charge is -2.04. The number of fused-ring (bicyclic) bond motifs is 1. The number of nitrogens with zero attached hydrogens (tertiary/aromatic N) is 2. The molecule has 0 saturated heterocycles. The largest absolute Gasteiger partial charge is 0.271 e.